The molecule has 0 spiro atoms. The molecular formula is C18H28ClN3O3S. The zero-order valence-electron chi connectivity index (χ0n) is 15.1. The van der Waals surface area contributed by atoms with Crippen LogP contribution in [0.25, 0.3) is 0 Å². The van der Waals surface area contributed by atoms with Crippen LogP contribution in [-0.4, -0.2) is 55.8 Å². The number of piperidine rings is 2. The molecule has 1 amide bonds. The normalized spacial score (nSPS) is 20.6. The van der Waals surface area contributed by atoms with Gasteiger partial charge in [0.2, 0.25) is 15.9 Å². The van der Waals surface area contributed by atoms with Crippen molar-refractivity contribution in [3.63, 3.8) is 0 Å². The van der Waals surface area contributed by atoms with E-state index in [9.17, 15) is 13.2 Å². The highest BCUT2D eigenvalue weighted by Crippen LogP contribution is 2.26. The smallest absolute Gasteiger partial charge is 0.243 e. The molecule has 2 fully saturated rings. The predicted octanol–water partition coefficient (Wildman–Crippen LogP) is 1.77. The zero-order chi connectivity index (χ0) is 18.0. The predicted molar refractivity (Wildman–Crippen MR) is 104 cm³/mol. The third kappa shape index (κ3) is 4.57. The van der Waals surface area contributed by atoms with E-state index in [1.807, 2.05) is 24.0 Å². The Kier molecular flexibility index (Phi) is 7.07. The minimum absolute atomic E-state index is 0. The van der Waals surface area contributed by atoms with Crippen molar-refractivity contribution in [2.45, 2.75) is 43.5 Å². The third-order valence-corrected chi connectivity index (χ3v) is 7.23. The Labute approximate surface area is 162 Å². The molecule has 0 bridgehead atoms. The van der Waals surface area contributed by atoms with Gasteiger partial charge >= 0.3 is 0 Å². The number of aryl methyl sites for hydroxylation is 1. The van der Waals surface area contributed by atoms with Crippen LogP contribution in [0.3, 0.4) is 0 Å². The lowest BCUT2D eigenvalue weighted by molar-refractivity contribution is -0.137. The molecule has 2 heterocycles. The molecule has 0 saturated carbocycles. The maximum absolute atomic E-state index is 12.7. The lowest BCUT2D eigenvalue weighted by Crippen LogP contribution is -2.48. The van der Waals surface area contributed by atoms with Gasteiger partial charge in [-0.3, -0.25) is 4.79 Å². The summed E-state index contributed by atoms with van der Waals surface area (Å²) in [7, 11) is -3.47. The number of rotatable bonds is 3. The van der Waals surface area contributed by atoms with E-state index in [1.165, 1.54) is 4.31 Å². The quantitative estimate of drug-likeness (QED) is 0.836. The van der Waals surface area contributed by atoms with Gasteiger partial charge in [-0.25, -0.2) is 8.42 Å². The molecule has 0 aliphatic carbocycles. The Morgan fingerprint density at radius 3 is 2.08 bits per heavy atom. The highest BCUT2D eigenvalue weighted by molar-refractivity contribution is 7.89. The molecule has 1 aromatic rings. The van der Waals surface area contributed by atoms with Crippen LogP contribution < -0.4 is 5.73 Å². The Bertz CT molecular complexity index is 708. The molecular weight excluding hydrogens is 374 g/mol. The van der Waals surface area contributed by atoms with Gasteiger partial charge < -0.3 is 10.6 Å². The maximum Gasteiger partial charge on any atom is 0.243 e. The number of likely N-dealkylation sites (tertiary alicyclic amines) is 1. The molecule has 2 aliphatic heterocycles. The summed E-state index contributed by atoms with van der Waals surface area (Å²) in [5, 5.41) is 0. The van der Waals surface area contributed by atoms with E-state index in [1.54, 1.807) is 12.1 Å². The molecule has 0 radical (unpaired) electrons. The summed E-state index contributed by atoms with van der Waals surface area (Å²) in [4.78, 5) is 14.9. The van der Waals surface area contributed by atoms with Gasteiger partial charge in [0, 0.05) is 38.1 Å². The monoisotopic (exact) mass is 401 g/mol. The first kappa shape index (κ1) is 21.2. The van der Waals surface area contributed by atoms with Crippen molar-refractivity contribution in [1.29, 1.82) is 0 Å². The molecule has 1 aromatic carbocycles. The fraction of sp³-hybridized carbons (Fsp3) is 0.611. The van der Waals surface area contributed by atoms with Crippen LogP contribution in [0.5, 0.6) is 0 Å². The number of nitrogens with zero attached hydrogens (tertiary/aromatic N) is 2. The topological polar surface area (TPSA) is 83.7 Å². The zero-order valence-corrected chi connectivity index (χ0v) is 16.8. The first-order chi connectivity index (χ1) is 11.9. The van der Waals surface area contributed by atoms with Crippen LogP contribution in [0.2, 0.25) is 0 Å². The van der Waals surface area contributed by atoms with Gasteiger partial charge in [0.05, 0.1) is 4.90 Å². The van der Waals surface area contributed by atoms with Crippen LogP contribution in [0, 0.1) is 12.8 Å². The Balaban J connectivity index is 0.00000243. The number of hydrogen-bond acceptors (Lipinski definition) is 4. The fourth-order valence-corrected chi connectivity index (χ4v) is 5.05. The first-order valence-corrected chi connectivity index (χ1v) is 10.4. The molecule has 0 aromatic heterocycles. The third-order valence-electron chi connectivity index (χ3n) is 5.31. The second-order valence-electron chi connectivity index (χ2n) is 7.15. The molecule has 0 unspecified atom stereocenters. The average Bonchev–Trinajstić information content (AvgIpc) is 2.62. The number of nitrogens with two attached hydrogens (primary N) is 1. The highest BCUT2D eigenvalue weighted by Gasteiger charge is 2.34. The molecule has 2 aliphatic rings. The van der Waals surface area contributed by atoms with E-state index < -0.39 is 10.0 Å². The number of halogens is 1. The van der Waals surface area contributed by atoms with Crippen molar-refractivity contribution in [2.75, 3.05) is 26.2 Å². The van der Waals surface area contributed by atoms with Crippen molar-refractivity contribution < 1.29 is 13.2 Å². The maximum atomic E-state index is 12.7. The number of benzene rings is 1. The van der Waals surface area contributed by atoms with E-state index in [0.29, 0.717) is 30.8 Å². The fourth-order valence-electron chi connectivity index (χ4n) is 3.58. The molecule has 146 valence electrons. The van der Waals surface area contributed by atoms with Gasteiger partial charge in [-0.1, -0.05) is 17.7 Å². The Morgan fingerprint density at radius 2 is 1.54 bits per heavy atom. The van der Waals surface area contributed by atoms with Crippen molar-refractivity contribution in [3.8, 4) is 0 Å². The number of carbonyl (C=O) groups is 1. The summed E-state index contributed by atoms with van der Waals surface area (Å²) in [6.45, 7) is 4.19. The Morgan fingerprint density at radius 1 is 1.00 bits per heavy atom. The van der Waals surface area contributed by atoms with Crippen LogP contribution >= 0.6 is 12.4 Å². The molecule has 26 heavy (non-hydrogen) atoms. The van der Waals surface area contributed by atoms with Crippen molar-refractivity contribution in [3.05, 3.63) is 29.8 Å². The summed E-state index contributed by atoms with van der Waals surface area (Å²) < 4.78 is 27.0. The van der Waals surface area contributed by atoms with Gasteiger partial charge in [0.15, 0.2) is 0 Å². The number of sulfonamides is 1. The van der Waals surface area contributed by atoms with Gasteiger partial charge in [-0.05, 0) is 44.7 Å². The molecule has 3 rings (SSSR count). The standard InChI is InChI=1S/C18H27N3O3S.ClH/c1-14-2-4-17(5-3-14)25(23,24)21-12-6-15(7-13-21)18(22)20-10-8-16(19)9-11-20;/h2-5,15-16H,6-13,19H2,1H3;1H. The average molecular weight is 402 g/mol. The Hall–Kier alpha value is -1.15. The number of amides is 1. The summed E-state index contributed by atoms with van der Waals surface area (Å²) in [6, 6.07) is 7.12. The molecule has 2 saturated heterocycles. The SMILES string of the molecule is Cc1ccc(S(=O)(=O)N2CCC(C(=O)N3CCC(N)CC3)CC2)cc1.Cl. The highest BCUT2D eigenvalue weighted by atomic mass is 35.5. The second kappa shape index (κ2) is 8.69. The second-order valence-corrected chi connectivity index (χ2v) is 9.09. The molecule has 8 heteroatoms. The summed E-state index contributed by atoms with van der Waals surface area (Å²) in [5.41, 5.74) is 6.93. The van der Waals surface area contributed by atoms with E-state index in [-0.39, 0.29) is 30.3 Å². The van der Waals surface area contributed by atoms with Gasteiger partial charge in [0.1, 0.15) is 0 Å². The first-order valence-electron chi connectivity index (χ1n) is 8.99. The van der Waals surface area contributed by atoms with Gasteiger partial charge in [-0.2, -0.15) is 4.31 Å². The van der Waals surface area contributed by atoms with Crippen LogP contribution in [-0.2, 0) is 14.8 Å². The van der Waals surface area contributed by atoms with E-state index in [0.717, 1.165) is 31.5 Å². The minimum Gasteiger partial charge on any atom is -0.342 e. The minimum atomic E-state index is -3.47. The largest absolute Gasteiger partial charge is 0.342 e. The van der Waals surface area contributed by atoms with Crippen LogP contribution in [0.15, 0.2) is 29.2 Å². The van der Waals surface area contributed by atoms with E-state index >= 15 is 0 Å². The lowest BCUT2D eigenvalue weighted by atomic mass is 9.95. The van der Waals surface area contributed by atoms with Crippen LogP contribution in [0.1, 0.15) is 31.2 Å². The van der Waals surface area contributed by atoms with Gasteiger partial charge in [-0.15, -0.1) is 12.4 Å². The van der Waals surface area contributed by atoms with Gasteiger partial charge in [0.25, 0.3) is 0 Å². The van der Waals surface area contributed by atoms with Crippen LogP contribution in [0.4, 0.5) is 0 Å². The molecule has 6 nitrogen and oxygen atoms in total. The summed E-state index contributed by atoms with van der Waals surface area (Å²) in [5.74, 6) is 0.0954. The molecule has 2 N–H and O–H groups in total. The lowest BCUT2D eigenvalue weighted by Gasteiger charge is -2.36. The van der Waals surface area contributed by atoms with E-state index in [4.69, 9.17) is 5.73 Å². The van der Waals surface area contributed by atoms with E-state index in [2.05, 4.69) is 0 Å². The summed E-state index contributed by atoms with van der Waals surface area (Å²) >= 11 is 0. The van der Waals surface area contributed by atoms with Crippen molar-refractivity contribution in [2.24, 2.45) is 11.7 Å². The number of carbonyl (C=O) groups excluding carboxylic acids is 1. The van der Waals surface area contributed by atoms with Crippen molar-refractivity contribution in [1.82, 2.24) is 9.21 Å². The summed E-state index contributed by atoms with van der Waals surface area (Å²) in [6.07, 6.45) is 2.89. The van der Waals surface area contributed by atoms with Crippen molar-refractivity contribution >= 4 is 28.3 Å². The molecule has 0 atom stereocenters. The number of hydrogen-bond donors (Lipinski definition) is 1.